The van der Waals surface area contributed by atoms with E-state index in [0.29, 0.717) is 18.2 Å². The normalized spacial score (nSPS) is 10.1. The number of anilines is 1. The number of hydrogen-bond acceptors (Lipinski definition) is 8. The molecule has 0 saturated heterocycles. The van der Waals surface area contributed by atoms with E-state index < -0.39 is 4.92 Å². The lowest BCUT2D eigenvalue weighted by atomic mass is 10.5. The lowest BCUT2D eigenvalue weighted by Gasteiger charge is -2.05. The molecule has 110 valence electrons. The third kappa shape index (κ3) is 5.00. The molecule has 0 amide bonds. The van der Waals surface area contributed by atoms with Gasteiger partial charge in [0.15, 0.2) is 5.03 Å². The summed E-state index contributed by atoms with van der Waals surface area (Å²) >= 11 is 1.13. The molecule has 0 bridgehead atoms. The summed E-state index contributed by atoms with van der Waals surface area (Å²) in [6, 6.07) is 0. The van der Waals surface area contributed by atoms with Crippen LogP contribution in [0.5, 0.6) is 0 Å². The van der Waals surface area contributed by atoms with Crippen molar-refractivity contribution >= 4 is 29.4 Å². The van der Waals surface area contributed by atoms with Crippen LogP contribution in [0.2, 0.25) is 0 Å². The summed E-state index contributed by atoms with van der Waals surface area (Å²) in [7, 11) is 1.30. The summed E-state index contributed by atoms with van der Waals surface area (Å²) in [6.45, 7) is 2.68. The SMILES string of the molecule is CCCNc1ncc([N+](=O)[O-])c(SCCC(=O)OC)n1. The zero-order valence-corrected chi connectivity index (χ0v) is 12.1. The molecule has 1 aromatic heterocycles. The molecule has 0 aromatic carbocycles. The van der Waals surface area contributed by atoms with Gasteiger partial charge in [0.1, 0.15) is 6.20 Å². The van der Waals surface area contributed by atoms with Gasteiger partial charge in [-0.05, 0) is 6.42 Å². The van der Waals surface area contributed by atoms with Gasteiger partial charge in [-0.1, -0.05) is 18.7 Å². The molecule has 1 heterocycles. The Hall–Kier alpha value is -1.90. The second-order valence-corrected chi connectivity index (χ2v) is 4.83. The summed E-state index contributed by atoms with van der Waals surface area (Å²) in [5, 5.41) is 14.1. The molecule has 0 aliphatic heterocycles. The molecule has 20 heavy (non-hydrogen) atoms. The number of nitro groups is 1. The van der Waals surface area contributed by atoms with Crippen molar-refractivity contribution in [3.63, 3.8) is 0 Å². The van der Waals surface area contributed by atoms with Crippen molar-refractivity contribution in [3.8, 4) is 0 Å². The van der Waals surface area contributed by atoms with Gasteiger partial charge in [0.05, 0.1) is 18.5 Å². The number of methoxy groups -OCH3 is 1. The summed E-state index contributed by atoms with van der Waals surface area (Å²) < 4.78 is 4.51. The number of ether oxygens (including phenoxy) is 1. The highest BCUT2D eigenvalue weighted by Gasteiger charge is 2.18. The van der Waals surface area contributed by atoms with E-state index in [9.17, 15) is 14.9 Å². The Morgan fingerprint density at radius 3 is 2.95 bits per heavy atom. The predicted molar refractivity (Wildman–Crippen MR) is 74.8 cm³/mol. The number of thioether (sulfide) groups is 1. The summed E-state index contributed by atoms with van der Waals surface area (Å²) in [6.07, 6.45) is 2.23. The number of hydrogen-bond donors (Lipinski definition) is 1. The van der Waals surface area contributed by atoms with Gasteiger partial charge in [-0.2, -0.15) is 4.98 Å². The smallest absolute Gasteiger partial charge is 0.319 e. The Morgan fingerprint density at radius 2 is 2.35 bits per heavy atom. The van der Waals surface area contributed by atoms with Crippen molar-refractivity contribution in [3.05, 3.63) is 16.3 Å². The third-order valence-corrected chi connectivity index (χ3v) is 3.22. The second-order valence-electron chi connectivity index (χ2n) is 3.74. The quantitative estimate of drug-likeness (QED) is 0.255. The molecule has 0 spiro atoms. The highest BCUT2D eigenvalue weighted by Crippen LogP contribution is 2.27. The molecule has 0 saturated carbocycles. The van der Waals surface area contributed by atoms with Gasteiger partial charge < -0.3 is 10.1 Å². The minimum Gasteiger partial charge on any atom is -0.469 e. The van der Waals surface area contributed by atoms with Gasteiger partial charge in [0, 0.05) is 12.3 Å². The molecule has 0 atom stereocenters. The Kier molecular flexibility index (Phi) is 6.71. The van der Waals surface area contributed by atoms with Gasteiger partial charge in [-0.25, -0.2) is 4.98 Å². The van der Waals surface area contributed by atoms with Gasteiger partial charge in [0.25, 0.3) is 0 Å². The van der Waals surface area contributed by atoms with Crippen molar-refractivity contribution in [1.82, 2.24) is 9.97 Å². The molecule has 0 unspecified atom stereocenters. The van der Waals surface area contributed by atoms with Crippen molar-refractivity contribution in [2.45, 2.75) is 24.8 Å². The third-order valence-electron chi connectivity index (χ3n) is 2.24. The molecule has 0 radical (unpaired) electrons. The van der Waals surface area contributed by atoms with Crippen LogP contribution >= 0.6 is 11.8 Å². The minimum atomic E-state index is -0.538. The summed E-state index contributed by atoms with van der Waals surface area (Å²) in [5.74, 6) is 0.342. The molecule has 0 aliphatic carbocycles. The average molecular weight is 300 g/mol. The maximum absolute atomic E-state index is 11.0. The van der Waals surface area contributed by atoms with E-state index in [0.717, 1.165) is 18.2 Å². The standard InChI is InChI=1S/C11H16N4O4S/c1-3-5-12-11-13-7-8(15(17)18)10(14-11)20-6-4-9(16)19-2/h7H,3-6H2,1-2H3,(H,12,13,14). The van der Waals surface area contributed by atoms with Gasteiger partial charge in [-0.3, -0.25) is 14.9 Å². The van der Waals surface area contributed by atoms with Crippen LogP contribution in [0, 0.1) is 10.1 Å². The van der Waals surface area contributed by atoms with E-state index in [1.165, 1.54) is 13.3 Å². The average Bonchev–Trinajstić information content (AvgIpc) is 2.44. The van der Waals surface area contributed by atoms with Crippen LogP contribution in [-0.4, -0.2) is 40.3 Å². The van der Waals surface area contributed by atoms with Crippen molar-refractivity contribution in [1.29, 1.82) is 0 Å². The Labute approximate surface area is 120 Å². The Balaban J connectivity index is 2.77. The van der Waals surface area contributed by atoms with Gasteiger partial charge >= 0.3 is 11.7 Å². The van der Waals surface area contributed by atoms with Crippen LogP contribution in [0.1, 0.15) is 19.8 Å². The molecule has 1 N–H and O–H groups in total. The lowest BCUT2D eigenvalue weighted by Crippen LogP contribution is -2.07. The molecule has 8 nitrogen and oxygen atoms in total. The van der Waals surface area contributed by atoms with E-state index in [2.05, 4.69) is 20.0 Å². The molecular weight excluding hydrogens is 284 g/mol. The maximum Gasteiger partial charge on any atom is 0.319 e. The fraction of sp³-hybridized carbons (Fsp3) is 0.545. The molecule has 1 rings (SSSR count). The van der Waals surface area contributed by atoms with Gasteiger partial charge in [-0.15, -0.1) is 0 Å². The lowest BCUT2D eigenvalue weighted by molar-refractivity contribution is -0.388. The largest absolute Gasteiger partial charge is 0.469 e. The first kappa shape index (κ1) is 16.2. The highest BCUT2D eigenvalue weighted by atomic mass is 32.2. The monoisotopic (exact) mass is 300 g/mol. The van der Waals surface area contributed by atoms with Crippen LogP contribution in [0.15, 0.2) is 11.2 Å². The summed E-state index contributed by atoms with van der Waals surface area (Å²) in [4.78, 5) is 29.4. The van der Waals surface area contributed by atoms with Crippen molar-refractivity contribution in [2.24, 2.45) is 0 Å². The van der Waals surface area contributed by atoms with Crippen LogP contribution < -0.4 is 5.32 Å². The number of esters is 1. The second kappa shape index (κ2) is 8.31. The van der Waals surface area contributed by atoms with E-state index in [4.69, 9.17) is 0 Å². The fourth-order valence-corrected chi connectivity index (χ4v) is 2.13. The number of nitrogens with one attached hydrogen (secondary N) is 1. The molecule has 0 fully saturated rings. The molecule has 0 aliphatic rings. The maximum atomic E-state index is 11.0. The van der Waals surface area contributed by atoms with Crippen molar-refractivity contribution < 1.29 is 14.5 Å². The number of carbonyl (C=O) groups is 1. The van der Waals surface area contributed by atoms with Crippen LogP contribution in [0.25, 0.3) is 0 Å². The van der Waals surface area contributed by atoms with Crippen molar-refractivity contribution in [2.75, 3.05) is 24.7 Å². The zero-order chi connectivity index (χ0) is 15.0. The van der Waals surface area contributed by atoms with E-state index in [1.54, 1.807) is 0 Å². The molecule has 9 heteroatoms. The highest BCUT2D eigenvalue weighted by molar-refractivity contribution is 7.99. The first-order valence-electron chi connectivity index (χ1n) is 6.03. The topological polar surface area (TPSA) is 107 Å². The fourth-order valence-electron chi connectivity index (χ4n) is 1.25. The number of nitrogens with zero attached hydrogens (tertiary/aromatic N) is 3. The van der Waals surface area contributed by atoms with Crippen LogP contribution in [0.3, 0.4) is 0 Å². The Bertz CT molecular complexity index is 483. The first-order valence-corrected chi connectivity index (χ1v) is 7.02. The van der Waals surface area contributed by atoms with Crippen LogP contribution in [-0.2, 0) is 9.53 Å². The predicted octanol–water partition coefficient (Wildman–Crippen LogP) is 1.86. The van der Waals surface area contributed by atoms with Crippen LogP contribution in [0.4, 0.5) is 11.6 Å². The zero-order valence-electron chi connectivity index (χ0n) is 11.3. The molecular formula is C11H16N4O4S. The Morgan fingerprint density at radius 1 is 1.60 bits per heavy atom. The number of rotatable bonds is 8. The number of carbonyl (C=O) groups excluding carboxylic acids is 1. The van der Waals surface area contributed by atoms with E-state index in [-0.39, 0.29) is 23.1 Å². The minimum absolute atomic E-state index is 0.165. The summed E-state index contributed by atoms with van der Waals surface area (Å²) in [5.41, 5.74) is -0.165. The van der Waals surface area contributed by atoms with E-state index in [1.807, 2.05) is 6.92 Å². The number of aromatic nitrogens is 2. The van der Waals surface area contributed by atoms with E-state index >= 15 is 0 Å². The first-order chi connectivity index (χ1) is 9.58. The molecule has 1 aromatic rings. The van der Waals surface area contributed by atoms with Gasteiger partial charge in [0.2, 0.25) is 5.95 Å².